The van der Waals surface area contributed by atoms with Gasteiger partial charge in [0, 0.05) is 15.5 Å². The molecule has 6 nitrogen and oxygen atoms in total. The lowest BCUT2D eigenvalue weighted by atomic mass is 9.98. The van der Waals surface area contributed by atoms with Gasteiger partial charge in [0.1, 0.15) is 28.9 Å². The zero-order valence-corrected chi connectivity index (χ0v) is 16.3. The van der Waals surface area contributed by atoms with Crippen LogP contribution in [0.25, 0.3) is 0 Å². The Bertz CT molecular complexity index is 1110. The Morgan fingerprint density at radius 2 is 1.96 bits per heavy atom. The number of nitrogen functional groups attached to an aromatic ring is 2. The maximum atomic E-state index is 9.45. The van der Waals surface area contributed by atoms with Crippen LogP contribution in [0.3, 0.4) is 0 Å². The Morgan fingerprint density at radius 1 is 1.21 bits per heavy atom. The van der Waals surface area contributed by atoms with E-state index >= 15 is 0 Å². The van der Waals surface area contributed by atoms with Gasteiger partial charge >= 0.3 is 0 Å². The number of hydrogen-bond donors (Lipinski definition) is 2. The molecule has 1 aliphatic heterocycles. The van der Waals surface area contributed by atoms with Crippen molar-refractivity contribution in [1.29, 1.82) is 5.26 Å². The number of aromatic nitrogens is 1. The molecule has 1 aromatic heterocycles. The van der Waals surface area contributed by atoms with Crippen LogP contribution < -0.4 is 20.9 Å². The molecule has 0 saturated carbocycles. The van der Waals surface area contributed by atoms with E-state index in [2.05, 4.69) is 4.98 Å². The minimum Gasteiger partial charge on any atom is -0.497 e. The summed E-state index contributed by atoms with van der Waals surface area (Å²) in [4.78, 5) is 5.26. The van der Waals surface area contributed by atoms with Crippen LogP contribution in [0.2, 0.25) is 5.02 Å². The molecule has 4 N–H and O–H groups in total. The molecular weight excluding hydrogens is 396 g/mol. The van der Waals surface area contributed by atoms with Crippen LogP contribution in [0.5, 0.6) is 17.4 Å². The molecule has 0 amide bonds. The first-order valence-corrected chi connectivity index (χ1v) is 9.54. The fraction of sp³-hybridized carbons (Fsp3) is 0.100. The van der Waals surface area contributed by atoms with Crippen LogP contribution in [0.4, 0.5) is 11.5 Å². The van der Waals surface area contributed by atoms with Crippen molar-refractivity contribution in [1.82, 2.24) is 4.98 Å². The Hall–Kier alpha value is -3.08. The zero-order valence-electron chi connectivity index (χ0n) is 14.8. The third-order valence-corrected chi connectivity index (χ3v) is 5.94. The molecule has 1 aliphatic rings. The third-order valence-electron chi connectivity index (χ3n) is 4.42. The molecule has 140 valence electrons. The smallest absolute Gasteiger partial charge is 0.228 e. The quantitative estimate of drug-likeness (QED) is 0.640. The van der Waals surface area contributed by atoms with Crippen molar-refractivity contribution in [2.45, 2.75) is 10.1 Å². The molecule has 1 unspecified atom stereocenters. The molecule has 2 heterocycles. The number of nitrogens with zero attached hydrogens (tertiary/aromatic N) is 2. The molecule has 2 aromatic carbocycles. The number of benzene rings is 2. The summed E-state index contributed by atoms with van der Waals surface area (Å²) in [5.41, 5.74) is 14.1. The summed E-state index contributed by atoms with van der Waals surface area (Å²) in [5, 5.41) is 9.84. The molecule has 1 atom stereocenters. The van der Waals surface area contributed by atoms with E-state index in [0.717, 1.165) is 10.5 Å². The van der Waals surface area contributed by atoms with Crippen molar-refractivity contribution >= 4 is 34.9 Å². The average molecular weight is 411 g/mol. The summed E-state index contributed by atoms with van der Waals surface area (Å²) in [6.07, 6.45) is 0. The van der Waals surface area contributed by atoms with Crippen molar-refractivity contribution in [2.24, 2.45) is 0 Å². The van der Waals surface area contributed by atoms with E-state index in [1.54, 1.807) is 18.9 Å². The molecule has 0 saturated heterocycles. The fourth-order valence-corrected chi connectivity index (χ4v) is 4.39. The van der Waals surface area contributed by atoms with Crippen molar-refractivity contribution in [3.8, 4) is 23.4 Å². The number of hydrogen-bond acceptors (Lipinski definition) is 7. The number of fused-ring (bicyclic) bond motifs is 2. The number of thioether (sulfide) groups is 1. The van der Waals surface area contributed by atoms with Gasteiger partial charge in [-0.1, -0.05) is 11.6 Å². The molecule has 3 aromatic rings. The molecule has 0 bridgehead atoms. The minimum atomic E-state index is -0.268. The highest BCUT2D eigenvalue weighted by Gasteiger charge is 2.34. The highest BCUT2D eigenvalue weighted by atomic mass is 35.5. The van der Waals surface area contributed by atoms with E-state index in [9.17, 15) is 5.26 Å². The first-order chi connectivity index (χ1) is 13.5. The van der Waals surface area contributed by atoms with Crippen molar-refractivity contribution < 1.29 is 9.47 Å². The molecule has 0 fully saturated rings. The predicted molar refractivity (Wildman–Crippen MR) is 110 cm³/mol. The summed E-state index contributed by atoms with van der Waals surface area (Å²) < 4.78 is 11.3. The van der Waals surface area contributed by atoms with Gasteiger partial charge in [0.15, 0.2) is 0 Å². The third kappa shape index (κ3) is 3.07. The normalized spacial score (nSPS) is 14.4. The van der Waals surface area contributed by atoms with Crippen molar-refractivity contribution in [3.63, 3.8) is 0 Å². The topological polar surface area (TPSA) is 107 Å². The van der Waals surface area contributed by atoms with E-state index < -0.39 is 0 Å². The lowest BCUT2D eigenvalue weighted by Gasteiger charge is -2.29. The first-order valence-electron chi connectivity index (χ1n) is 8.28. The second-order valence-electron chi connectivity index (χ2n) is 6.07. The molecular formula is C20H15ClN4O2S. The lowest BCUT2D eigenvalue weighted by molar-refractivity contribution is 0.408. The van der Waals surface area contributed by atoms with Gasteiger partial charge in [0.05, 0.1) is 23.6 Å². The SMILES string of the molecule is COc1ccc2c(c1)C(Sc1ccc(Cl)cc1)c1c(nc(N)c(C#N)c1N)O2. The van der Waals surface area contributed by atoms with Crippen molar-refractivity contribution in [3.05, 3.63) is 64.2 Å². The van der Waals surface area contributed by atoms with Crippen LogP contribution in [-0.2, 0) is 0 Å². The van der Waals surface area contributed by atoms with E-state index in [1.807, 2.05) is 48.5 Å². The van der Waals surface area contributed by atoms with E-state index in [1.165, 1.54) is 0 Å². The standard InChI is InChI=1S/C20H15ClN4O2S/c1-26-11-4-7-15-13(8-11)18(28-12-5-2-10(21)3-6-12)16-17(23)14(9-22)19(24)25-20(16)27-15/h2-8,18H,1H3,(H4,23,24,25). The second kappa shape index (κ2) is 7.15. The Morgan fingerprint density at radius 3 is 2.64 bits per heavy atom. The summed E-state index contributed by atoms with van der Waals surface area (Å²) in [6, 6.07) is 15.0. The number of methoxy groups -OCH3 is 1. The number of halogens is 1. The Labute approximate surface area is 171 Å². The maximum Gasteiger partial charge on any atom is 0.228 e. The van der Waals surface area contributed by atoms with Gasteiger partial charge in [-0.3, -0.25) is 0 Å². The van der Waals surface area contributed by atoms with Crippen molar-refractivity contribution in [2.75, 3.05) is 18.6 Å². The highest BCUT2D eigenvalue weighted by Crippen LogP contribution is 2.54. The number of nitrogens with two attached hydrogens (primary N) is 2. The van der Waals surface area contributed by atoms with Crippen LogP contribution in [0.15, 0.2) is 47.4 Å². The van der Waals surface area contributed by atoms with Gasteiger partial charge in [0.25, 0.3) is 0 Å². The fourth-order valence-electron chi connectivity index (χ4n) is 3.04. The van der Waals surface area contributed by atoms with Crippen LogP contribution in [-0.4, -0.2) is 12.1 Å². The minimum absolute atomic E-state index is 0.0472. The number of pyridine rings is 1. The molecule has 28 heavy (non-hydrogen) atoms. The maximum absolute atomic E-state index is 9.45. The summed E-state index contributed by atoms with van der Waals surface area (Å²) >= 11 is 7.57. The Balaban J connectivity index is 1.91. The summed E-state index contributed by atoms with van der Waals surface area (Å²) in [5.74, 6) is 1.68. The highest BCUT2D eigenvalue weighted by molar-refractivity contribution is 7.99. The lowest BCUT2D eigenvalue weighted by Crippen LogP contribution is -2.15. The Kier molecular flexibility index (Phi) is 4.67. The van der Waals surface area contributed by atoms with Gasteiger partial charge in [-0.25, -0.2) is 0 Å². The summed E-state index contributed by atoms with van der Waals surface area (Å²) in [7, 11) is 1.60. The van der Waals surface area contributed by atoms with Gasteiger partial charge in [-0.15, -0.1) is 11.8 Å². The van der Waals surface area contributed by atoms with E-state index in [0.29, 0.717) is 28.0 Å². The molecule has 0 radical (unpaired) electrons. The molecule has 4 rings (SSSR count). The van der Waals surface area contributed by atoms with Crippen LogP contribution >= 0.6 is 23.4 Å². The zero-order chi connectivity index (χ0) is 19.8. The number of nitriles is 1. The van der Waals surface area contributed by atoms with Gasteiger partial charge in [-0.2, -0.15) is 10.2 Å². The summed E-state index contributed by atoms with van der Waals surface area (Å²) in [6.45, 7) is 0. The second-order valence-corrected chi connectivity index (χ2v) is 7.69. The number of ether oxygens (including phenoxy) is 2. The van der Waals surface area contributed by atoms with E-state index in [-0.39, 0.29) is 22.3 Å². The van der Waals surface area contributed by atoms with Gasteiger partial charge in [0.2, 0.25) is 5.88 Å². The monoisotopic (exact) mass is 410 g/mol. The van der Waals surface area contributed by atoms with Gasteiger partial charge < -0.3 is 20.9 Å². The largest absolute Gasteiger partial charge is 0.497 e. The van der Waals surface area contributed by atoms with E-state index in [4.69, 9.17) is 32.5 Å². The number of anilines is 2. The van der Waals surface area contributed by atoms with Gasteiger partial charge in [-0.05, 0) is 42.5 Å². The average Bonchev–Trinajstić information content (AvgIpc) is 2.69. The predicted octanol–water partition coefficient (Wildman–Crippen LogP) is 4.77. The molecule has 8 heteroatoms. The number of rotatable bonds is 3. The van der Waals surface area contributed by atoms with Crippen LogP contribution in [0.1, 0.15) is 21.9 Å². The van der Waals surface area contributed by atoms with Crippen LogP contribution in [0, 0.1) is 11.3 Å². The molecule has 0 aliphatic carbocycles. The first kappa shape index (κ1) is 18.3. The molecule has 0 spiro atoms.